The van der Waals surface area contributed by atoms with E-state index < -0.39 is 0 Å². The van der Waals surface area contributed by atoms with Crippen molar-refractivity contribution >= 4 is 0 Å². The maximum atomic E-state index is 5.63. The second-order valence-corrected chi connectivity index (χ2v) is 4.13. The molecule has 3 heteroatoms. The molecule has 90 valence electrons. The number of benzene rings is 1. The minimum atomic E-state index is 0.426. The number of nitrogens with zero attached hydrogens (tertiary/aromatic N) is 1. The lowest BCUT2D eigenvalue weighted by atomic mass is 10.1. The van der Waals surface area contributed by atoms with Gasteiger partial charge in [-0.2, -0.15) is 0 Å². The summed E-state index contributed by atoms with van der Waals surface area (Å²) in [5, 5.41) is 0. The molecule has 2 N–H and O–H groups in total. The Morgan fingerprint density at radius 1 is 1.38 bits per heavy atom. The molecule has 0 saturated heterocycles. The van der Waals surface area contributed by atoms with Crippen LogP contribution in [0.15, 0.2) is 24.3 Å². The van der Waals surface area contributed by atoms with Gasteiger partial charge in [0, 0.05) is 19.1 Å². The largest absolute Gasteiger partial charge is 0.496 e. The quantitative estimate of drug-likeness (QED) is 0.793. The fraction of sp³-hybridized carbons (Fsp3) is 0.538. The van der Waals surface area contributed by atoms with E-state index in [4.69, 9.17) is 10.5 Å². The second kappa shape index (κ2) is 6.51. The SMILES string of the molecule is COc1ccccc1CCN(C)C(C)CN. The predicted molar refractivity (Wildman–Crippen MR) is 67.8 cm³/mol. The number of methoxy groups -OCH3 is 1. The third-order valence-corrected chi connectivity index (χ3v) is 3.02. The van der Waals surface area contributed by atoms with Crippen LogP contribution < -0.4 is 10.5 Å². The minimum Gasteiger partial charge on any atom is -0.496 e. The summed E-state index contributed by atoms with van der Waals surface area (Å²) < 4.78 is 5.32. The molecule has 0 heterocycles. The molecule has 0 amide bonds. The van der Waals surface area contributed by atoms with Crippen LogP contribution in [0.5, 0.6) is 5.75 Å². The van der Waals surface area contributed by atoms with Crippen molar-refractivity contribution in [1.82, 2.24) is 4.90 Å². The van der Waals surface area contributed by atoms with E-state index in [0.717, 1.165) is 18.7 Å². The zero-order valence-electron chi connectivity index (χ0n) is 10.4. The van der Waals surface area contributed by atoms with Crippen LogP contribution in [0, 0.1) is 0 Å². The first kappa shape index (κ1) is 13.0. The lowest BCUT2D eigenvalue weighted by Gasteiger charge is -2.23. The van der Waals surface area contributed by atoms with E-state index in [2.05, 4.69) is 24.9 Å². The molecular weight excluding hydrogens is 200 g/mol. The fourth-order valence-corrected chi connectivity index (χ4v) is 1.61. The fourth-order valence-electron chi connectivity index (χ4n) is 1.61. The zero-order valence-corrected chi connectivity index (χ0v) is 10.4. The summed E-state index contributed by atoms with van der Waals surface area (Å²) in [6.07, 6.45) is 0.991. The van der Waals surface area contributed by atoms with Crippen molar-refractivity contribution in [3.8, 4) is 5.75 Å². The lowest BCUT2D eigenvalue weighted by Crippen LogP contribution is -2.36. The Morgan fingerprint density at radius 3 is 2.69 bits per heavy atom. The number of rotatable bonds is 6. The molecule has 1 aromatic carbocycles. The Balaban J connectivity index is 2.54. The molecule has 0 radical (unpaired) electrons. The van der Waals surface area contributed by atoms with Crippen LogP contribution in [0.4, 0.5) is 0 Å². The zero-order chi connectivity index (χ0) is 12.0. The van der Waals surface area contributed by atoms with Crippen LogP contribution in [0.1, 0.15) is 12.5 Å². The van der Waals surface area contributed by atoms with Crippen LogP contribution in [0.3, 0.4) is 0 Å². The van der Waals surface area contributed by atoms with Gasteiger partial charge in [0.15, 0.2) is 0 Å². The second-order valence-electron chi connectivity index (χ2n) is 4.13. The molecule has 1 atom stereocenters. The maximum Gasteiger partial charge on any atom is 0.122 e. The normalized spacial score (nSPS) is 12.8. The molecule has 0 aliphatic rings. The highest BCUT2D eigenvalue weighted by molar-refractivity contribution is 5.33. The molecule has 1 rings (SSSR count). The molecule has 0 saturated carbocycles. The van der Waals surface area contributed by atoms with Gasteiger partial charge in [0.25, 0.3) is 0 Å². The van der Waals surface area contributed by atoms with Gasteiger partial charge < -0.3 is 15.4 Å². The highest BCUT2D eigenvalue weighted by Crippen LogP contribution is 2.17. The molecule has 1 aromatic rings. The van der Waals surface area contributed by atoms with Crippen molar-refractivity contribution in [3.05, 3.63) is 29.8 Å². The summed E-state index contributed by atoms with van der Waals surface area (Å²) in [5.74, 6) is 0.969. The molecule has 0 fully saturated rings. The van der Waals surface area contributed by atoms with Crippen LogP contribution >= 0.6 is 0 Å². The maximum absolute atomic E-state index is 5.63. The summed E-state index contributed by atoms with van der Waals surface area (Å²) >= 11 is 0. The van der Waals surface area contributed by atoms with E-state index in [1.807, 2.05) is 18.2 Å². The highest BCUT2D eigenvalue weighted by atomic mass is 16.5. The van der Waals surface area contributed by atoms with Gasteiger partial charge in [-0.15, -0.1) is 0 Å². The van der Waals surface area contributed by atoms with Gasteiger partial charge in [0.2, 0.25) is 0 Å². The lowest BCUT2D eigenvalue weighted by molar-refractivity contribution is 0.265. The molecule has 16 heavy (non-hydrogen) atoms. The first-order chi connectivity index (χ1) is 7.69. The number of likely N-dealkylation sites (N-methyl/N-ethyl adjacent to an activating group) is 1. The topological polar surface area (TPSA) is 38.5 Å². The number of para-hydroxylation sites is 1. The Hall–Kier alpha value is -1.06. The average Bonchev–Trinajstić information content (AvgIpc) is 2.35. The minimum absolute atomic E-state index is 0.426. The smallest absolute Gasteiger partial charge is 0.122 e. The van der Waals surface area contributed by atoms with Crippen molar-refractivity contribution in [2.75, 3.05) is 27.2 Å². The molecule has 1 unspecified atom stereocenters. The molecule has 0 spiro atoms. The summed E-state index contributed by atoms with van der Waals surface area (Å²) in [5.41, 5.74) is 6.88. The van der Waals surface area contributed by atoms with E-state index in [-0.39, 0.29) is 0 Å². The number of hydrogen-bond donors (Lipinski definition) is 1. The Labute approximate surface area is 98.2 Å². The Bertz CT molecular complexity index is 315. The average molecular weight is 222 g/mol. The van der Waals surface area contributed by atoms with Crippen molar-refractivity contribution in [1.29, 1.82) is 0 Å². The molecular formula is C13H22N2O. The van der Waals surface area contributed by atoms with E-state index in [9.17, 15) is 0 Å². The molecule has 0 aliphatic carbocycles. The van der Waals surface area contributed by atoms with Gasteiger partial charge in [-0.25, -0.2) is 0 Å². The van der Waals surface area contributed by atoms with Crippen molar-refractivity contribution < 1.29 is 4.74 Å². The van der Waals surface area contributed by atoms with Crippen molar-refractivity contribution in [3.63, 3.8) is 0 Å². The van der Waals surface area contributed by atoms with Gasteiger partial charge in [0.1, 0.15) is 5.75 Å². The third kappa shape index (κ3) is 3.51. The number of nitrogens with two attached hydrogens (primary N) is 1. The van der Waals surface area contributed by atoms with Crippen molar-refractivity contribution in [2.24, 2.45) is 5.73 Å². The van der Waals surface area contributed by atoms with E-state index in [1.54, 1.807) is 7.11 Å². The Kier molecular flexibility index (Phi) is 5.29. The molecule has 0 aromatic heterocycles. The first-order valence-electron chi connectivity index (χ1n) is 5.71. The number of hydrogen-bond acceptors (Lipinski definition) is 3. The third-order valence-electron chi connectivity index (χ3n) is 3.02. The van der Waals surface area contributed by atoms with Gasteiger partial charge in [0.05, 0.1) is 7.11 Å². The van der Waals surface area contributed by atoms with Gasteiger partial charge >= 0.3 is 0 Å². The van der Waals surface area contributed by atoms with Gasteiger partial charge in [-0.3, -0.25) is 0 Å². The summed E-state index contributed by atoms with van der Waals surface area (Å²) in [6.45, 7) is 3.84. The summed E-state index contributed by atoms with van der Waals surface area (Å²) in [4.78, 5) is 2.27. The standard InChI is InChI=1S/C13H22N2O/c1-11(10-14)15(2)9-8-12-6-4-5-7-13(12)16-3/h4-7,11H,8-10,14H2,1-3H3. The van der Waals surface area contributed by atoms with E-state index >= 15 is 0 Å². The van der Waals surface area contributed by atoms with Crippen LogP contribution in [0.25, 0.3) is 0 Å². The molecule has 0 bridgehead atoms. The highest BCUT2D eigenvalue weighted by Gasteiger charge is 2.08. The number of ether oxygens (including phenoxy) is 1. The van der Waals surface area contributed by atoms with E-state index in [0.29, 0.717) is 12.6 Å². The summed E-state index contributed by atoms with van der Waals surface area (Å²) in [6, 6.07) is 8.58. The molecule has 3 nitrogen and oxygen atoms in total. The molecule has 0 aliphatic heterocycles. The predicted octanol–water partition coefficient (Wildman–Crippen LogP) is 1.52. The van der Waals surface area contributed by atoms with Gasteiger partial charge in [-0.1, -0.05) is 18.2 Å². The van der Waals surface area contributed by atoms with E-state index in [1.165, 1.54) is 5.56 Å². The summed E-state index contributed by atoms with van der Waals surface area (Å²) in [7, 11) is 3.82. The first-order valence-corrected chi connectivity index (χ1v) is 5.71. The van der Waals surface area contributed by atoms with Crippen molar-refractivity contribution in [2.45, 2.75) is 19.4 Å². The van der Waals surface area contributed by atoms with Crippen LogP contribution in [-0.2, 0) is 6.42 Å². The van der Waals surface area contributed by atoms with Crippen LogP contribution in [-0.4, -0.2) is 38.2 Å². The van der Waals surface area contributed by atoms with Gasteiger partial charge in [-0.05, 0) is 32.0 Å². The monoisotopic (exact) mass is 222 g/mol. The Morgan fingerprint density at radius 2 is 2.06 bits per heavy atom. The van der Waals surface area contributed by atoms with Crippen LogP contribution in [0.2, 0.25) is 0 Å².